The summed E-state index contributed by atoms with van der Waals surface area (Å²) in [7, 11) is 0. The quantitative estimate of drug-likeness (QED) is 0.871. The Hall–Kier alpha value is -1.89. The number of thioether (sulfide) groups is 1. The highest BCUT2D eigenvalue weighted by molar-refractivity contribution is 7.99. The van der Waals surface area contributed by atoms with Gasteiger partial charge in [0.1, 0.15) is 0 Å². The van der Waals surface area contributed by atoms with Crippen LogP contribution in [0.2, 0.25) is 0 Å². The summed E-state index contributed by atoms with van der Waals surface area (Å²) < 4.78 is 1.72. The van der Waals surface area contributed by atoms with E-state index < -0.39 is 0 Å². The fourth-order valence-electron chi connectivity index (χ4n) is 2.91. The average molecular weight is 345 g/mol. The zero-order valence-electron chi connectivity index (χ0n) is 13.9. The lowest BCUT2D eigenvalue weighted by atomic mass is 9.95. The Morgan fingerprint density at radius 3 is 2.79 bits per heavy atom. The molecule has 1 heterocycles. The molecule has 0 bridgehead atoms. The van der Waals surface area contributed by atoms with Crippen molar-refractivity contribution in [2.45, 2.75) is 56.1 Å². The third-order valence-corrected chi connectivity index (χ3v) is 5.46. The predicted molar refractivity (Wildman–Crippen MR) is 94.9 cm³/mol. The number of amides is 1. The molecule has 128 valence electrons. The molecular weight excluding hydrogens is 322 g/mol. The molecule has 1 amide bonds. The van der Waals surface area contributed by atoms with Gasteiger partial charge in [0.15, 0.2) is 5.82 Å². The average Bonchev–Trinajstić information content (AvgIpc) is 3.10. The van der Waals surface area contributed by atoms with Crippen LogP contribution < -0.4 is 5.32 Å². The van der Waals surface area contributed by atoms with Crippen LogP contribution in [0, 0.1) is 0 Å². The number of benzene rings is 1. The summed E-state index contributed by atoms with van der Waals surface area (Å²) in [6.07, 6.45) is 5.94. The van der Waals surface area contributed by atoms with Gasteiger partial charge in [-0.2, -0.15) is 4.68 Å². The molecule has 1 atom stereocenters. The summed E-state index contributed by atoms with van der Waals surface area (Å²) >= 11 is 1.56. The number of hydrogen-bond acceptors (Lipinski definition) is 5. The second kappa shape index (κ2) is 8.28. The standard InChI is InChI=1S/C17H23N5OS/c1-13(17(23)18-14-8-4-2-5-9-14)24-12-16-19-20-21-22(16)15-10-6-3-7-11-15/h3,6-7,10-11,13-14H,2,4-5,8-9,12H2,1H3,(H,18,23). The van der Waals surface area contributed by atoms with Gasteiger partial charge in [0.25, 0.3) is 0 Å². The number of tetrazole rings is 1. The molecular formula is C17H23N5OS. The number of rotatable bonds is 6. The Balaban J connectivity index is 1.54. The molecule has 24 heavy (non-hydrogen) atoms. The summed E-state index contributed by atoms with van der Waals surface area (Å²) in [5.41, 5.74) is 0.928. The molecule has 1 fully saturated rings. The van der Waals surface area contributed by atoms with Crippen LogP contribution in [0.15, 0.2) is 30.3 Å². The van der Waals surface area contributed by atoms with Gasteiger partial charge in [0.2, 0.25) is 5.91 Å². The lowest BCUT2D eigenvalue weighted by molar-refractivity contribution is -0.121. The van der Waals surface area contributed by atoms with Crippen molar-refractivity contribution in [3.8, 4) is 5.69 Å². The normalized spacial score (nSPS) is 16.7. The van der Waals surface area contributed by atoms with Gasteiger partial charge < -0.3 is 5.32 Å². The van der Waals surface area contributed by atoms with Crippen molar-refractivity contribution in [3.63, 3.8) is 0 Å². The molecule has 1 aromatic carbocycles. The minimum Gasteiger partial charge on any atom is -0.352 e. The van der Waals surface area contributed by atoms with Gasteiger partial charge in [-0.1, -0.05) is 37.5 Å². The van der Waals surface area contributed by atoms with Gasteiger partial charge in [-0.15, -0.1) is 16.9 Å². The van der Waals surface area contributed by atoms with Gasteiger partial charge in [-0.25, -0.2) is 0 Å². The second-order valence-corrected chi connectivity index (χ2v) is 7.47. The summed E-state index contributed by atoms with van der Waals surface area (Å²) in [6.45, 7) is 1.94. The molecule has 7 heteroatoms. The number of carbonyl (C=O) groups is 1. The Morgan fingerprint density at radius 1 is 1.29 bits per heavy atom. The van der Waals surface area contributed by atoms with E-state index in [1.165, 1.54) is 19.3 Å². The molecule has 1 unspecified atom stereocenters. The Morgan fingerprint density at radius 2 is 2.04 bits per heavy atom. The molecule has 2 aromatic rings. The highest BCUT2D eigenvalue weighted by Crippen LogP contribution is 2.21. The van der Waals surface area contributed by atoms with E-state index in [0.717, 1.165) is 24.4 Å². The van der Waals surface area contributed by atoms with Gasteiger partial charge in [0, 0.05) is 6.04 Å². The van der Waals surface area contributed by atoms with Gasteiger partial charge >= 0.3 is 0 Å². The largest absolute Gasteiger partial charge is 0.352 e. The first-order valence-corrected chi connectivity index (χ1v) is 9.53. The first-order chi connectivity index (χ1) is 11.7. The lowest BCUT2D eigenvalue weighted by Gasteiger charge is -2.24. The summed E-state index contributed by atoms with van der Waals surface area (Å²) in [5.74, 6) is 1.47. The van der Waals surface area contributed by atoms with Crippen LogP contribution in [0.25, 0.3) is 5.69 Å². The maximum atomic E-state index is 12.3. The van der Waals surface area contributed by atoms with Crippen LogP contribution in [0.4, 0.5) is 0 Å². The van der Waals surface area contributed by atoms with Crippen LogP contribution in [-0.4, -0.2) is 37.4 Å². The molecule has 0 radical (unpaired) electrons. The van der Waals surface area contributed by atoms with Crippen molar-refractivity contribution in [1.29, 1.82) is 0 Å². The first-order valence-electron chi connectivity index (χ1n) is 8.48. The highest BCUT2D eigenvalue weighted by atomic mass is 32.2. The van der Waals surface area contributed by atoms with E-state index >= 15 is 0 Å². The maximum Gasteiger partial charge on any atom is 0.233 e. The zero-order valence-corrected chi connectivity index (χ0v) is 14.7. The number of carbonyl (C=O) groups excluding carboxylic acids is 1. The molecule has 0 aliphatic heterocycles. The topological polar surface area (TPSA) is 72.7 Å². The van der Waals surface area contributed by atoms with Crippen LogP contribution in [0.5, 0.6) is 0 Å². The van der Waals surface area contributed by atoms with Crippen molar-refractivity contribution in [1.82, 2.24) is 25.5 Å². The minimum atomic E-state index is -0.118. The van der Waals surface area contributed by atoms with Crippen molar-refractivity contribution < 1.29 is 4.79 Å². The van der Waals surface area contributed by atoms with Crippen LogP contribution in [0.3, 0.4) is 0 Å². The minimum absolute atomic E-state index is 0.116. The van der Waals surface area contributed by atoms with E-state index in [-0.39, 0.29) is 11.2 Å². The number of nitrogens with zero attached hydrogens (tertiary/aromatic N) is 4. The molecule has 0 saturated heterocycles. The van der Waals surface area contributed by atoms with E-state index in [0.29, 0.717) is 11.8 Å². The molecule has 1 aromatic heterocycles. The van der Waals surface area contributed by atoms with Crippen molar-refractivity contribution in [2.75, 3.05) is 0 Å². The number of para-hydroxylation sites is 1. The molecule has 1 aliphatic rings. The lowest BCUT2D eigenvalue weighted by Crippen LogP contribution is -2.40. The van der Waals surface area contributed by atoms with E-state index in [9.17, 15) is 4.79 Å². The van der Waals surface area contributed by atoms with E-state index in [2.05, 4.69) is 20.8 Å². The molecule has 3 rings (SSSR count). The van der Waals surface area contributed by atoms with Crippen LogP contribution in [-0.2, 0) is 10.5 Å². The van der Waals surface area contributed by atoms with Gasteiger partial charge in [0.05, 0.1) is 16.7 Å². The van der Waals surface area contributed by atoms with Crippen LogP contribution >= 0.6 is 11.8 Å². The van der Waals surface area contributed by atoms with Crippen molar-refractivity contribution in [2.24, 2.45) is 0 Å². The fraction of sp³-hybridized carbons (Fsp3) is 0.529. The van der Waals surface area contributed by atoms with E-state index in [1.54, 1.807) is 16.4 Å². The number of aromatic nitrogens is 4. The van der Waals surface area contributed by atoms with Crippen molar-refractivity contribution >= 4 is 17.7 Å². The Labute approximate surface area is 146 Å². The van der Waals surface area contributed by atoms with Crippen molar-refractivity contribution in [3.05, 3.63) is 36.2 Å². The third kappa shape index (κ3) is 4.35. The fourth-order valence-corrected chi connectivity index (χ4v) is 3.70. The van der Waals surface area contributed by atoms with Gasteiger partial charge in [-0.05, 0) is 42.3 Å². The second-order valence-electron chi connectivity index (χ2n) is 6.14. The maximum absolute atomic E-state index is 12.3. The smallest absolute Gasteiger partial charge is 0.233 e. The zero-order chi connectivity index (χ0) is 16.8. The first kappa shape index (κ1) is 17.0. The molecule has 1 saturated carbocycles. The Bertz CT molecular complexity index is 654. The molecule has 0 spiro atoms. The van der Waals surface area contributed by atoms with Gasteiger partial charge in [-0.3, -0.25) is 4.79 Å². The molecule has 1 N–H and O–H groups in total. The monoisotopic (exact) mass is 345 g/mol. The van der Waals surface area contributed by atoms with Crippen LogP contribution in [0.1, 0.15) is 44.9 Å². The summed E-state index contributed by atoms with van der Waals surface area (Å²) in [4.78, 5) is 12.3. The Kier molecular flexibility index (Phi) is 5.85. The molecule has 6 nitrogen and oxygen atoms in total. The third-order valence-electron chi connectivity index (χ3n) is 4.32. The predicted octanol–water partition coefficient (Wildman–Crippen LogP) is 2.73. The number of hydrogen-bond donors (Lipinski definition) is 1. The summed E-state index contributed by atoms with van der Waals surface area (Å²) in [6, 6.07) is 10.1. The SMILES string of the molecule is CC(SCc1nnnn1-c1ccccc1)C(=O)NC1CCCCC1. The van der Waals surface area contributed by atoms with E-state index in [1.807, 2.05) is 37.3 Å². The highest BCUT2D eigenvalue weighted by Gasteiger charge is 2.20. The molecule has 1 aliphatic carbocycles. The summed E-state index contributed by atoms with van der Waals surface area (Å²) in [5, 5.41) is 15.0. The number of nitrogens with one attached hydrogen (secondary N) is 1. The van der Waals surface area contributed by atoms with E-state index in [4.69, 9.17) is 0 Å².